The molecule has 0 aliphatic carbocycles. The summed E-state index contributed by atoms with van der Waals surface area (Å²) in [6, 6.07) is 10.3. The van der Waals surface area contributed by atoms with Gasteiger partial charge in [-0.3, -0.25) is 19.0 Å². The standard InChI is InChI=1S/C24H21N3O4S2/c1-4-10-27-23(30)20-18(19-9-6-11-31-19)13-32-22(20)26-24(27)33-15(3)21(29)25-17-8-5-7-16(12-17)14(2)28/h4-9,11-13,15H,1,10H2,2-3H3,(H,25,29)/t15-/m1/s1. The molecule has 0 unspecified atom stereocenters. The molecule has 7 nitrogen and oxygen atoms in total. The first-order chi connectivity index (χ1) is 15.9. The number of thiophene rings is 1. The Balaban J connectivity index is 1.63. The van der Waals surface area contributed by atoms with Crippen LogP contribution in [0.15, 0.2) is 75.1 Å². The van der Waals surface area contributed by atoms with Crippen LogP contribution in [0.2, 0.25) is 0 Å². The molecule has 168 valence electrons. The van der Waals surface area contributed by atoms with E-state index in [0.717, 1.165) is 0 Å². The zero-order valence-electron chi connectivity index (χ0n) is 18.0. The van der Waals surface area contributed by atoms with Gasteiger partial charge in [-0.1, -0.05) is 30.0 Å². The number of nitrogens with one attached hydrogen (secondary N) is 1. The molecule has 0 fully saturated rings. The van der Waals surface area contributed by atoms with E-state index >= 15 is 0 Å². The third-order valence-electron chi connectivity index (χ3n) is 4.95. The number of hydrogen-bond donors (Lipinski definition) is 1. The molecule has 1 N–H and O–H groups in total. The Bertz CT molecular complexity index is 1400. The van der Waals surface area contributed by atoms with Crippen molar-refractivity contribution in [3.63, 3.8) is 0 Å². The van der Waals surface area contributed by atoms with Crippen LogP contribution in [0.5, 0.6) is 0 Å². The van der Waals surface area contributed by atoms with Crippen molar-refractivity contribution in [1.82, 2.24) is 9.55 Å². The number of carbonyl (C=O) groups is 2. The Kier molecular flexibility index (Phi) is 6.62. The first kappa shape index (κ1) is 22.8. The van der Waals surface area contributed by atoms with Crippen LogP contribution in [0.4, 0.5) is 5.69 Å². The van der Waals surface area contributed by atoms with Gasteiger partial charge in [0.05, 0.1) is 16.9 Å². The van der Waals surface area contributed by atoms with E-state index in [0.29, 0.717) is 37.9 Å². The van der Waals surface area contributed by atoms with Crippen molar-refractivity contribution in [2.75, 3.05) is 5.32 Å². The largest absolute Gasteiger partial charge is 0.464 e. The van der Waals surface area contributed by atoms with E-state index < -0.39 is 5.25 Å². The molecule has 1 atom stereocenters. The summed E-state index contributed by atoms with van der Waals surface area (Å²) in [4.78, 5) is 43.0. The fourth-order valence-electron chi connectivity index (χ4n) is 3.27. The summed E-state index contributed by atoms with van der Waals surface area (Å²) in [5.41, 5.74) is 1.54. The van der Waals surface area contributed by atoms with Crippen molar-refractivity contribution >= 4 is 50.7 Å². The summed E-state index contributed by atoms with van der Waals surface area (Å²) in [5.74, 6) is 0.262. The summed E-state index contributed by atoms with van der Waals surface area (Å²) in [5, 5.41) is 5.05. The van der Waals surface area contributed by atoms with E-state index in [9.17, 15) is 14.4 Å². The summed E-state index contributed by atoms with van der Waals surface area (Å²) in [6.07, 6.45) is 3.18. The molecule has 0 saturated heterocycles. The number of hydrogen-bond acceptors (Lipinski definition) is 7. The van der Waals surface area contributed by atoms with Crippen LogP contribution in [0.3, 0.4) is 0 Å². The van der Waals surface area contributed by atoms with Gasteiger partial charge in [0.15, 0.2) is 10.9 Å². The molecule has 1 aromatic carbocycles. The summed E-state index contributed by atoms with van der Waals surface area (Å²) < 4.78 is 6.99. The molecule has 0 spiro atoms. The Morgan fingerprint density at radius 1 is 1.33 bits per heavy atom. The number of ketones is 1. The Hall–Kier alpha value is -3.43. The lowest BCUT2D eigenvalue weighted by atomic mass is 10.1. The van der Waals surface area contributed by atoms with Gasteiger partial charge in [0.1, 0.15) is 10.6 Å². The second-order valence-corrected chi connectivity index (χ2v) is 9.46. The minimum atomic E-state index is -0.545. The Morgan fingerprint density at radius 3 is 2.85 bits per heavy atom. The first-order valence-corrected chi connectivity index (χ1v) is 11.9. The highest BCUT2D eigenvalue weighted by Gasteiger charge is 2.22. The number of carbonyl (C=O) groups excluding carboxylic acids is 2. The smallest absolute Gasteiger partial charge is 0.263 e. The van der Waals surface area contributed by atoms with Crippen molar-refractivity contribution in [3.05, 3.63) is 76.6 Å². The number of benzene rings is 1. The number of aromatic nitrogens is 2. The van der Waals surface area contributed by atoms with Crippen LogP contribution >= 0.6 is 23.1 Å². The minimum absolute atomic E-state index is 0.0793. The van der Waals surface area contributed by atoms with Gasteiger partial charge < -0.3 is 9.73 Å². The molecular formula is C24H21N3O4S2. The number of thioether (sulfide) groups is 1. The molecule has 0 aliphatic heterocycles. The van der Waals surface area contributed by atoms with Crippen molar-refractivity contribution in [2.24, 2.45) is 0 Å². The molecule has 3 heterocycles. The van der Waals surface area contributed by atoms with Crippen LogP contribution in [0, 0.1) is 0 Å². The van der Waals surface area contributed by atoms with Crippen molar-refractivity contribution in [3.8, 4) is 11.3 Å². The van der Waals surface area contributed by atoms with E-state index in [4.69, 9.17) is 4.42 Å². The lowest BCUT2D eigenvalue weighted by molar-refractivity contribution is -0.115. The highest BCUT2D eigenvalue weighted by atomic mass is 32.2. The van der Waals surface area contributed by atoms with Gasteiger partial charge in [0.2, 0.25) is 5.91 Å². The van der Waals surface area contributed by atoms with Crippen molar-refractivity contribution in [2.45, 2.75) is 30.8 Å². The average Bonchev–Trinajstić information content (AvgIpc) is 3.46. The van der Waals surface area contributed by atoms with Crippen LogP contribution in [0.25, 0.3) is 21.5 Å². The van der Waals surface area contributed by atoms with Crippen molar-refractivity contribution in [1.29, 1.82) is 0 Å². The number of rotatable bonds is 8. The molecule has 0 bridgehead atoms. The van der Waals surface area contributed by atoms with E-state index in [1.807, 2.05) is 5.38 Å². The van der Waals surface area contributed by atoms with Crippen LogP contribution in [0.1, 0.15) is 24.2 Å². The molecular weight excluding hydrogens is 458 g/mol. The predicted octanol–water partition coefficient (Wildman–Crippen LogP) is 5.23. The maximum atomic E-state index is 13.4. The SMILES string of the molecule is C=CCn1c(S[C@H](C)C(=O)Nc2cccc(C(C)=O)c2)nc2scc(-c3ccco3)c2c1=O. The number of nitrogens with zero attached hydrogens (tertiary/aromatic N) is 2. The molecule has 33 heavy (non-hydrogen) atoms. The lowest BCUT2D eigenvalue weighted by Crippen LogP contribution is -2.26. The maximum Gasteiger partial charge on any atom is 0.263 e. The Morgan fingerprint density at radius 2 is 2.15 bits per heavy atom. The topological polar surface area (TPSA) is 94.2 Å². The van der Waals surface area contributed by atoms with Gasteiger partial charge in [0, 0.05) is 28.7 Å². The minimum Gasteiger partial charge on any atom is -0.464 e. The number of allylic oxidation sites excluding steroid dienone is 1. The predicted molar refractivity (Wildman–Crippen MR) is 132 cm³/mol. The molecule has 0 radical (unpaired) electrons. The quantitative estimate of drug-likeness (QED) is 0.161. The van der Waals surface area contributed by atoms with E-state index in [1.165, 1.54) is 34.6 Å². The third-order valence-corrected chi connectivity index (χ3v) is 6.91. The van der Waals surface area contributed by atoms with Gasteiger partial charge in [-0.15, -0.1) is 17.9 Å². The zero-order valence-corrected chi connectivity index (χ0v) is 19.7. The highest BCUT2D eigenvalue weighted by molar-refractivity contribution is 8.00. The van der Waals surface area contributed by atoms with E-state index in [2.05, 4.69) is 16.9 Å². The van der Waals surface area contributed by atoms with Gasteiger partial charge in [-0.05, 0) is 38.1 Å². The number of fused-ring (bicyclic) bond motifs is 1. The molecule has 4 rings (SSSR count). The lowest BCUT2D eigenvalue weighted by Gasteiger charge is -2.15. The molecule has 3 aromatic heterocycles. The third kappa shape index (κ3) is 4.69. The zero-order chi connectivity index (χ0) is 23.5. The fourth-order valence-corrected chi connectivity index (χ4v) is 5.16. The molecule has 4 aromatic rings. The van der Waals surface area contributed by atoms with Gasteiger partial charge in [-0.25, -0.2) is 4.98 Å². The van der Waals surface area contributed by atoms with E-state index in [1.54, 1.807) is 55.7 Å². The average molecular weight is 480 g/mol. The van der Waals surface area contributed by atoms with Crippen LogP contribution in [-0.4, -0.2) is 26.5 Å². The monoisotopic (exact) mass is 479 g/mol. The normalized spacial score (nSPS) is 11.9. The molecule has 1 amide bonds. The van der Waals surface area contributed by atoms with Crippen molar-refractivity contribution < 1.29 is 14.0 Å². The van der Waals surface area contributed by atoms with Gasteiger partial charge >= 0.3 is 0 Å². The molecule has 0 aliphatic rings. The number of Topliss-reactive ketones (excluding diaryl/α,β-unsaturated/α-hetero) is 1. The summed E-state index contributed by atoms with van der Waals surface area (Å²) in [6.45, 7) is 7.22. The molecule has 9 heteroatoms. The first-order valence-electron chi connectivity index (χ1n) is 10.1. The Labute approximate surface area is 198 Å². The number of anilines is 1. The second-order valence-electron chi connectivity index (χ2n) is 7.29. The number of amides is 1. The summed E-state index contributed by atoms with van der Waals surface area (Å²) in [7, 11) is 0. The van der Waals surface area contributed by atoms with E-state index in [-0.39, 0.29) is 23.8 Å². The highest BCUT2D eigenvalue weighted by Crippen LogP contribution is 2.33. The molecule has 0 saturated carbocycles. The van der Waals surface area contributed by atoms with Crippen LogP contribution < -0.4 is 10.9 Å². The van der Waals surface area contributed by atoms with Crippen LogP contribution in [-0.2, 0) is 11.3 Å². The number of furan rings is 1. The van der Waals surface area contributed by atoms with Gasteiger partial charge in [-0.2, -0.15) is 0 Å². The maximum absolute atomic E-state index is 13.4. The second kappa shape index (κ2) is 9.60. The van der Waals surface area contributed by atoms with Gasteiger partial charge in [0.25, 0.3) is 5.56 Å². The summed E-state index contributed by atoms with van der Waals surface area (Å²) >= 11 is 2.55. The fraction of sp³-hybridized carbons (Fsp3) is 0.167.